The highest BCUT2D eigenvalue weighted by atomic mass is 79.9. The molecule has 0 radical (unpaired) electrons. The van der Waals surface area contributed by atoms with Gasteiger partial charge in [-0.25, -0.2) is 0 Å². The van der Waals surface area contributed by atoms with Gasteiger partial charge in [0.05, 0.1) is 0 Å². The molecule has 0 saturated carbocycles. The van der Waals surface area contributed by atoms with Gasteiger partial charge in [0.1, 0.15) is 0 Å². The Morgan fingerprint density at radius 3 is 2.38 bits per heavy atom. The number of allylic oxidation sites excluding steroid dienone is 4. The van der Waals surface area contributed by atoms with Gasteiger partial charge in [0, 0.05) is 5.33 Å². The molecule has 0 saturated heterocycles. The predicted octanol–water partition coefficient (Wildman–Crippen LogP) is 2.90. The summed E-state index contributed by atoms with van der Waals surface area (Å²) >= 11 is 3.28. The van der Waals surface area contributed by atoms with Crippen molar-refractivity contribution in [1.82, 2.24) is 0 Å². The first-order valence-electron chi connectivity index (χ1n) is 2.79. The van der Waals surface area contributed by atoms with Crippen LogP contribution in [0.15, 0.2) is 24.3 Å². The zero-order chi connectivity index (χ0) is 6.24. The van der Waals surface area contributed by atoms with Gasteiger partial charge >= 0.3 is 0 Å². The Morgan fingerprint density at radius 1 is 1.25 bits per heavy atom. The Balaban J connectivity index is 3.13. The quantitative estimate of drug-likeness (QED) is 0.457. The van der Waals surface area contributed by atoms with E-state index in [2.05, 4.69) is 41.1 Å². The second kappa shape index (κ2) is 6.96. The van der Waals surface area contributed by atoms with E-state index >= 15 is 0 Å². The van der Waals surface area contributed by atoms with Crippen LogP contribution in [0.1, 0.15) is 13.3 Å². The third-order valence-corrected chi connectivity index (χ3v) is 1.08. The molecular weight excluding hydrogens is 164 g/mol. The summed E-state index contributed by atoms with van der Waals surface area (Å²) in [5, 5.41) is 0.945. The van der Waals surface area contributed by atoms with Gasteiger partial charge in [-0.15, -0.1) is 0 Å². The zero-order valence-electron chi connectivity index (χ0n) is 5.10. The molecule has 0 aliphatic carbocycles. The molecule has 0 rings (SSSR count). The summed E-state index contributed by atoms with van der Waals surface area (Å²) in [5.41, 5.74) is 0. The van der Waals surface area contributed by atoms with Gasteiger partial charge in [-0.1, -0.05) is 47.2 Å². The zero-order valence-corrected chi connectivity index (χ0v) is 6.69. The van der Waals surface area contributed by atoms with E-state index in [9.17, 15) is 0 Å². The van der Waals surface area contributed by atoms with Crippen LogP contribution in [0.3, 0.4) is 0 Å². The molecule has 0 aromatic rings. The Hall–Kier alpha value is -0.0400. The van der Waals surface area contributed by atoms with Crippen LogP contribution < -0.4 is 0 Å². The van der Waals surface area contributed by atoms with Crippen molar-refractivity contribution in [3.05, 3.63) is 24.3 Å². The Bertz CT molecular complexity index is 70.4. The topological polar surface area (TPSA) is 0 Å². The maximum atomic E-state index is 3.28. The van der Waals surface area contributed by atoms with Crippen molar-refractivity contribution in [3.63, 3.8) is 0 Å². The number of hydrogen-bond acceptors (Lipinski definition) is 0. The fourth-order valence-electron chi connectivity index (χ4n) is 0.345. The van der Waals surface area contributed by atoms with E-state index < -0.39 is 0 Å². The molecular formula is C7H11Br. The maximum absolute atomic E-state index is 3.28. The van der Waals surface area contributed by atoms with Crippen molar-refractivity contribution in [2.24, 2.45) is 0 Å². The van der Waals surface area contributed by atoms with Crippen LogP contribution in [0.25, 0.3) is 0 Å². The van der Waals surface area contributed by atoms with Gasteiger partial charge in [-0.3, -0.25) is 0 Å². The molecule has 0 bridgehead atoms. The fraction of sp³-hybridized carbons (Fsp3) is 0.429. The van der Waals surface area contributed by atoms with Crippen LogP contribution in [0.5, 0.6) is 0 Å². The normalized spacial score (nSPS) is 11.8. The highest BCUT2D eigenvalue weighted by Crippen LogP contribution is 1.84. The molecule has 0 nitrogen and oxygen atoms in total. The number of hydrogen-bond donors (Lipinski definition) is 0. The van der Waals surface area contributed by atoms with E-state index in [0.29, 0.717) is 0 Å². The minimum absolute atomic E-state index is 0.945. The lowest BCUT2D eigenvalue weighted by molar-refractivity contribution is 1.22. The molecule has 0 aromatic heterocycles. The van der Waals surface area contributed by atoms with Crippen molar-refractivity contribution < 1.29 is 0 Å². The van der Waals surface area contributed by atoms with Gasteiger partial charge in [0.25, 0.3) is 0 Å². The van der Waals surface area contributed by atoms with Crippen LogP contribution in [0, 0.1) is 0 Å². The molecule has 0 aromatic carbocycles. The molecule has 46 valence electrons. The van der Waals surface area contributed by atoms with E-state index in [-0.39, 0.29) is 0 Å². The summed E-state index contributed by atoms with van der Waals surface area (Å²) in [5.74, 6) is 0. The monoisotopic (exact) mass is 174 g/mol. The lowest BCUT2D eigenvalue weighted by atomic mass is 10.4. The molecule has 8 heavy (non-hydrogen) atoms. The lowest BCUT2D eigenvalue weighted by Crippen LogP contribution is -1.55. The highest BCUT2D eigenvalue weighted by Gasteiger charge is 1.62. The Kier molecular flexibility index (Phi) is 6.93. The van der Waals surface area contributed by atoms with Crippen LogP contribution in [0.2, 0.25) is 0 Å². The molecule has 0 heterocycles. The molecule has 0 fully saturated rings. The first-order valence-corrected chi connectivity index (χ1v) is 3.91. The molecule has 0 N–H and O–H groups in total. The third kappa shape index (κ3) is 5.96. The summed E-state index contributed by atoms with van der Waals surface area (Å²) in [7, 11) is 0. The van der Waals surface area contributed by atoms with Crippen molar-refractivity contribution in [2.75, 3.05) is 5.33 Å². The molecule has 0 atom stereocenters. The Labute approximate surface area is 59.4 Å². The van der Waals surface area contributed by atoms with E-state index in [0.717, 1.165) is 11.8 Å². The molecule has 0 aliphatic rings. The van der Waals surface area contributed by atoms with Crippen LogP contribution in [0.4, 0.5) is 0 Å². The smallest absolute Gasteiger partial charge is 0.0215 e. The van der Waals surface area contributed by atoms with Crippen molar-refractivity contribution >= 4 is 15.9 Å². The first-order chi connectivity index (χ1) is 3.91. The highest BCUT2D eigenvalue weighted by molar-refractivity contribution is 9.09. The molecule has 0 amide bonds. The third-order valence-electron chi connectivity index (χ3n) is 0.708. The predicted molar refractivity (Wildman–Crippen MR) is 42.4 cm³/mol. The second-order valence-electron chi connectivity index (χ2n) is 1.42. The van der Waals surface area contributed by atoms with E-state index in [4.69, 9.17) is 0 Å². The fourth-order valence-corrected chi connectivity index (χ4v) is 0.560. The van der Waals surface area contributed by atoms with Gasteiger partial charge in [0.15, 0.2) is 0 Å². The van der Waals surface area contributed by atoms with E-state index in [1.165, 1.54) is 0 Å². The number of alkyl halides is 1. The average molecular weight is 175 g/mol. The lowest BCUT2D eigenvalue weighted by Gasteiger charge is -1.73. The van der Waals surface area contributed by atoms with E-state index in [1.54, 1.807) is 0 Å². The van der Waals surface area contributed by atoms with Gasteiger partial charge in [0.2, 0.25) is 0 Å². The van der Waals surface area contributed by atoms with Crippen LogP contribution >= 0.6 is 15.9 Å². The minimum atomic E-state index is 0.945. The van der Waals surface area contributed by atoms with Crippen molar-refractivity contribution in [1.29, 1.82) is 0 Å². The van der Waals surface area contributed by atoms with Crippen LogP contribution in [-0.4, -0.2) is 5.33 Å². The summed E-state index contributed by atoms with van der Waals surface area (Å²) < 4.78 is 0. The maximum Gasteiger partial charge on any atom is 0.0215 e. The SMILES string of the molecule is CC/C=C\C=C/CBr. The summed E-state index contributed by atoms with van der Waals surface area (Å²) in [6.07, 6.45) is 9.40. The molecule has 1 heteroatoms. The summed E-state index contributed by atoms with van der Waals surface area (Å²) in [6, 6.07) is 0. The standard InChI is InChI=1S/C7H11Br/c1-2-3-4-5-6-7-8/h3-6H,2,7H2,1H3/b4-3-,6-5-. The van der Waals surface area contributed by atoms with Crippen molar-refractivity contribution in [2.45, 2.75) is 13.3 Å². The molecule has 0 spiro atoms. The van der Waals surface area contributed by atoms with Crippen molar-refractivity contribution in [3.8, 4) is 0 Å². The largest absolute Gasteiger partial charge is 0.0883 e. The number of halogens is 1. The van der Waals surface area contributed by atoms with Crippen LogP contribution in [-0.2, 0) is 0 Å². The minimum Gasteiger partial charge on any atom is -0.0883 e. The summed E-state index contributed by atoms with van der Waals surface area (Å²) in [4.78, 5) is 0. The molecule has 0 unspecified atom stereocenters. The number of rotatable bonds is 3. The summed E-state index contributed by atoms with van der Waals surface area (Å²) in [6.45, 7) is 2.12. The van der Waals surface area contributed by atoms with Gasteiger partial charge in [-0.05, 0) is 6.42 Å². The Morgan fingerprint density at radius 2 is 1.88 bits per heavy atom. The van der Waals surface area contributed by atoms with E-state index in [1.807, 2.05) is 6.08 Å². The van der Waals surface area contributed by atoms with Gasteiger partial charge < -0.3 is 0 Å². The average Bonchev–Trinajstić information content (AvgIpc) is 1.81. The first kappa shape index (κ1) is 7.96. The second-order valence-corrected chi connectivity index (χ2v) is 2.07. The molecule has 0 aliphatic heterocycles. The van der Waals surface area contributed by atoms with Gasteiger partial charge in [-0.2, -0.15) is 0 Å².